The second kappa shape index (κ2) is 8.89. The lowest BCUT2D eigenvalue weighted by Crippen LogP contribution is -2.25. The maximum Gasteiger partial charge on any atom is 0.345 e. The molecule has 1 aromatic heterocycles. The van der Waals surface area contributed by atoms with Gasteiger partial charge in [-0.05, 0) is 54.3 Å². The third kappa shape index (κ3) is 4.66. The Labute approximate surface area is 180 Å². The Bertz CT molecular complexity index is 1130. The summed E-state index contributed by atoms with van der Waals surface area (Å²) in [6.07, 6.45) is 0.880. The lowest BCUT2D eigenvalue weighted by Gasteiger charge is -2.23. The molecule has 0 saturated heterocycles. The number of anilines is 2. The minimum Gasteiger partial charge on any atom is -0.497 e. The normalized spacial score (nSPS) is 11.5. The molecule has 1 heterocycles. The summed E-state index contributed by atoms with van der Waals surface area (Å²) in [5.74, 6) is -0.208. The van der Waals surface area contributed by atoms with Crippen molar-refractivity contribution >= 4 is 38.0 Å². The molecule has 0 amide bonds. The van der Waals surface area contributed by atoms with Gasteiger partial charge in [0.05, 0.1) is 17.7 Å². The summed E-state index contributed by atoms with van der Waals surface area (Å²) < 4.78 is 33.5. The highest BCUT2D eigenvalue weighted by molar-refractivity contribution is 7.93. The molecule has 0 aliphatic rings. The Morgan fingerprint density at radius 3 is 2.37 bits per heavy atom. The van der Waals surface area contributed by atoms with E-state index in [0.717, 1.165) is 23.3 Å². The zero-order chi connectivity index (χ0) is 21.9. The number of sulfonamides is 1. The first kappa shape index (κ1) is 21.9. The number of carboxylic acid groups (broad SMARTS) is 1. The van der Waals surface area contributed by atoms with Crippen molar-refractivity contribution < 1.29 is 23.1 Å². The van der Waals surface area contributed by atoms with E-state index < -0.39 is 16.0 Å². The summed E-state index contributed by atoms with van der Waals surface area (Å²) in [5, 5.41) is 9.58. The maximum absolute atomic E-state index is 13.6. The number of nitrogens with zero attached hydrogens (tertiary/aromatic N) is 1. The maximum atomic E-state index is 13.6. The topological polar surface area (TPSA) is 83.9 Å². The Balaban J connectivity index is 2.12. The molecule has 6 nitrogen and oxygen atoms in total. The van der Waals surface area contributed by atoms with E-state index in [9.17, 15) is 18.3 Å². The molecule has 0 radical (unpaired) electrons. The van der Waals surface area contributed by atoms with Crippen LogP contribution in [0.25, 0.3) is 0 Å². The average Bonchev–Trinajstić information content (AvgIpc) is 3.19. The van der Waals surface area contributed by atoms with E-state index in [1.54, 1.807) is 24.3 Å². The summed E-state index contributed by atoms with van der Waals surface area (Å²) >= 11 is 0.906. The van der Waals surface area contributed by atoms with Gasteiger partial charge in [0.1, 0.15) is 15.6 Å². The molecule has 0 atom stereocenters. The van der Waals surface area contributed by atoms with Gasteiger partial charge < -0.3 is 9.84 Å². The van der Waals surface area contributed by atoms with Crippen LogP contribution in [0.15, 0.2) is 65.6 Å². The van der Waals surface area contributed by atoms with Crippen LogP contribution >= 0.6 is 11.3 Å². The van der Waals surface area contributed by atoms with Gasteiger partial charge in [-0.3, -0.25) is 0 Å². The number of ether oxygens (including phenoxy) is 1. The van der Waals surface area contributed by atoms with E-state index in [1.165, 1.54) is 35.7 Å². The van der Waals surface area contributed by atoms with Crippen LogP contribution in [-0.2, 0) is 16.4 Å². The number of benzene rings is 2. The minimum absolute atomic E-state index is 0.0541. The Morgan fingerprint density at radius 2 is 1.80 bits per heavy atom. The Hall–Kier alpha value is -2.84. The van der Waals surface area contributed by atoms with Gasteiger partial charge >= 0.3 is 5.97 Å². The summed E-state index contributed by atoms with van der Waals surface area (Å²) in [5.41, 5.74) is 1.54. The van der Waals surface area contributed by atoms with Gasteiger partial charge in [-0.2, -0.15) is 0 Å². The predicted molar refractivity (Wildman–Crippen MR) is 119 cm³/mol. The van der Waals surface area contributed by atoms with E-state index in [-0.39, 0.29) is 9.77 Å². The van der Waals surface area contributed by atoms with E-state index in [0.29, 0.717) is 22.4 Å². The molecule has 0 aliphatic heterocycles. The highest BCUT2D eigenvalue weighted by Gasteiger charge is 2.29. The molecule has 3 rings (SSSR count). The Kier molecular flexibility index (Phi) is 6.48. The summed E-state index contributed by atoms with van der Waals surface area (Å²) in [7, 11) is -2.55. The van der Waals surface area contributed by atoms with E-state index in [2.05, 4.69) is 13.8 Å². The predicted octanol–water partition coefficient (Wildman–Crippen LogP) is 5.18. The lowest BCUT2D eigenvalue weighted by atomic mass is 10.0. The smallest absolute Gasteiger partial charge is 0.345 e. The SMILES string of the molecule is COc1cccc(S(=O)(=O)N(c2ccc(CC(C)C)cc2)c2ccc(C(=O)O)s2)c1. The first-order valence-corrected chi connectivity index (χ1v) is 11.6. The van der Waals surface area contributed by atoms with Crippen LogP contribution in [-0.4, -0.2) is 26.6 Å². The molecule has 158 valence electrons. The first-order chi connectivity index (χ1) is 14.2. The van der Waals surface area contributed by atoms with Crippen LogP contribution in [0, 0.1) is 5.92 Å². The average molecular weight is 446 g/mol. The molecule has 0 aliphatic carbocycles. The zero-order valence-electron chi connectivity index (χ0n) is 16.9. The number of aromatic carboxylic acids is 1. The molecule has 2 aromatic carbocycles. The molecule has 0 fully saturated rings. The minimum atomic E-state index is -4.02. The molecular formula is C22H23NO5S2. The van der Waals surface area contributed by atoms with Crippen LogP contribution in [0.1, 0.15) is 29.1 Å². The molecule has 8 heteroatoms. The van der Waals surface area contributed by atoms with Crippen molar-refractivity contribution in [2.45, 2.75) is 25.2 Å². The van der Waals surface area contributed by atoms with Gasteiger partial charge in [0.25, 0.3) is 10.0 Å². The van der Waals surface area contributed by atoms with Crippen molar-refractivity contribution in [2.24, 2.45) is 5.92 Å². The third-order valence-electron chi connectivity index (χ3n) is 4.40. The van der Waals surface area contributed by atoms with Gasteiger partial charge in [0.15, 0.2) is 0 Å². The molecular weight excluding hydrogens is 422 g/mol. The van der Waals surface area contributed by atoms with E-state index >= 15 is 0 Å². The Morgan fingerprint density at radius 1 is 1.10 bits per heavy atom. The standard InChI is InChI=1S/C22H23NO5S2/c1-15(2)13-16-7-9-17(10-8-16)23(21-12-11-20(29-21)22(24)25)30(26,27)19-6-4-5-18(14-19)28-3/h4-12,14-15H,13H2,1-3H3,(H,24,25). The van der Waals surface area contributed by atoms with Crippen molar-refractivity contribution in [3.05, 3.63) is 71.1 Å². The molecule has 0 spiro atoms. The fourth-order valence-corrected chi connectivity index (χ4v) is 5.64. The van der Waals surface area contributed by atoms with Crippen molar-refractivity contribution in [2.75, 3.05) is 11.4 Å². The molecule has 3 aromatic rings. The molecule has 0 bridgehead atoms. The van der Waals surface area contributed by atoms with Crippen LogP contribution in [0.3, 0.4) is 0 Å². The van der Waals surface area contributed by atoms with Crippen LogP contribution in [0.4, 0.5) is 10.7 Å². The number of hydrogen-bond acceptors (Lipinski definition) is 5. The second-order valence-corrected chi connectivity index (χ2v) is 10.0. The fraction of sp³-hybridized carbons (Fsp3) is 0.227. The largest absolute Gasteiger partial charge is 0.497 e. The van der Waals surface area contributed by atoms with Crippen LogP contribution in [0.2, 0.25) is 0 Å². The zero-order valence-corrected chi connectivity index (χ0v) is 18.5. The first-order valence-electron chi connectivity index (χ1n) is 9.34. The lowest BCUT2D eigenvalue weighted by molar-refractivity contribution is 0.0702. The molecule has 0 saturated carbocycles. The molecule has 30 heavy (non-hydrogen) atoms. The van der Waals surface area contributed by atoms with Crippen molar-refractivity contribution in [1.29, 1.82) is 0 Å². The van der Waals surface area contributed by atoms with Gasteiger partial charge in [-0.1, -0.05) is 32.0 Å². The summed E-state index contributed by atoms with van der Waals surface area (Å²) in [6, 6.07) is 16.4. The van der Waals surface area contributed by atoms with E-state index in [4.69, 9.17) is 4.74 Å². The summed E-state index contributed by atoms with van der Waals surface area (Å²) in [6.45, 7) is 4.24. The summed E-state index contributed by atoms with van der Waals surface area (Å²) in [4.78, 5) is 11.5. The quantitative estimate of drug-likeness (QED) is 0.516. The van der Waals surface area contributed by atoms with Crippen molar-refractivity contribution in [3.8, 4) is 5.75 Å². The number of carboxylic acids is 1. The fourth-order valence-electron chi connectivity index (χ4n) is 3.04. The number of methoxy groups -OCH3 is 1. The number of carbonyl (C=O) groups is 1. The van der Waals surface area contributed by atoms with E-state index in [1.807, 2.05) is 12.1 Å². The second-order valence-electron chi connectivity index (χ2n) is 7.16. The highest BCUT2D eigenvalue weighted by Crippen LogP contribution is 2.38. The number of thiophene rings is 1. The monoisotopic (exact) mass is 445 g/mol. The van der Waals surface area contributed by atoms with Gasteiger partial charge in [-0.25, -0.2) is 17.5 Å². The number of rotatable bonds is 8. The van der Waals surface area contributed by atoms with Gasteiger partial charge in [-0.15, -0.1) is 11.3 Å². The van der Waals surface area contributed by atoms with Crippen molar-refractivity contribution in [3.63, 3.8) is 0 Å². The number of hydrogen-bond donors (Lipinski definition) is 1. The van der Waals surface area contributed by atoms with Gasteiger partial charge in [0, 0.05) is 6.07 Å². The third-order valence-corrected chi connectivity index (χ3v) is 7.31. The molecule has 1 N–H and O–H groups in total. The highest BCUT2D eigenvalue weighted by atomic mass is 32.2. The van der Waals surface area contributed by atoms with Crippen molar-refractivity contribution in [1.82, 2.24) is 0 Å². The molecule has 0 unspecified atom stereocenters. The van der Waals surface area contributed by atoms with Gasteiger partial charge in [0.2, 0.25) is 0 Å². The van der Waals surface area contributed by atoms with Crippen LogP contribution in [0.5, 0.6) is 5.75 Å². The van der Waals surface area contributed by atoms with Crippen LogP contribution < -0.4 is 9.04 Å².